The molecule has 1 aliphatic heterocycles. The van der Waals surface area contributed by atoms with Gasteiger partial charge in [-0.3, -0.25) is 4.79 Å². The molecule has 3 aliphatic rings. The Morgan fingerprint density at radius 1 is 1.35 bits per heavy atom. The van der Waals surface area contributed by atoms with Gasteiger partial charge in [-0.1, -0.05) is 18.9 Å². The van der Waals surface area contributed by atoms with Crippen LogP contribution >= 0.6 is 0 Å². The van der Waals surface area contributed by atoms with Gasteiger partial charge in [-0.05, 0) is 52.4 Å². The summed E-state index contributed by atoms with van der Waals surface area (Å²) in [7, 11) is 0. The molecular weight excluding hydrogens is 330 g/mol. The number of hydrogen-bond acceptors (Lipinski definition) is 4. The number of rotatable bonds is 4. The number of fused-ring (bicyclic) bond motifs is 1. The van der Waals surface area contributed by atoms with Crippen LogP contribution < -0.4 is 5.32 Å². The second-order valence-corrected chi connectivity index (χ2v) is 8.91. The van der Waals surface area contributed by atoms with Crippen molar-refractivity contribution in [2.24, 2.45) is 11.3 Å². The van der Waals surface area contributed by atoms with Crippen LogP contribution in [0.5, 0.6) is 0 Å². The molecule has 1 N–H and O–H groups in total. The van der Waals surface area contributed by atoms with Gasteiger partial charge in [-0.15, -0.1) is 6.58 Å². The Balaban J connectivity index is 1.85. The second-order valence-electron chi connectivity index (χ2n) is 8.91. The largest absolute Gasteiger partial charge is 0.444 e. The number of nitriles is 1. The van der Waals surface area contributed by atoms with Gasteiger partial charge in [0.25, 0.3) is 0 Å². The molecular formula is C20H29N3O3. The van der Waals surface area contributed by atoms with Crippen LogP contribution in [0.1, 0.15) is 59.3 Å². The number of nitrogens with zero attached hydrogens (tertiary/aromatic N) is 2. The zero-order valence-corrected chi connectivity index (χ0v) is 16.0. The average molecular weight is 359 g/mol. The van der Waals surface area contributed by atoms with Crippen LogP contribution in [0.2, 0.25) is 0 Å². The number of carbonyl (C=O) groups is 2. The Morgan fingerprint density at radius 2 is 2.00 bits per heavy atom. The first-order chi connectivity index (χ1) is 12.2. The molecule has 2 saturated carbocycles. The average Bonchev–Trinajstić information content (AvgIpc) is 3.01. The van der Waals surface area contributed by atoms with Gasteiger partial charge in [0, 0.05) is 11.5 Å². The van der Waals surface area contributed by atoms with Gasteiger partial charge in [0.05, 0.1) is 6.07 Å². The molecule has 6 nitrogen and oxygen atoms in total. The highest BCUT2D eigenvalue weighted by Gasteiger charge is 2.57. The van der Waals surface area contributed by atoms with Crippen molar-refractivity contribution in [2.45, 2.75) is 83.0 Å². The van der Waals surface area contributed by atoms with Crippen molar-refractivity contribution in [3.8, 4) is 6.07 Å². The number of hydrogen-bond donors (Lipinski definition) is 1. The number of amides is 2. The first-order valence-corrected chi connectivity index (χ1v) is 9.56. The van der Waals surface area contributed by atoms with Crippen molar-refractivity contribution in [2.75, 3.05) is 0 Å². The van der Waals surface area contributed by atoms with Crippen LogP contribution in [0.25, 0.3) is 0 Å². The molecule has 142 valence electrons. The quantitative estimate of drug-likeness (QED) is 0.782. The fourth-order valence-electron chi connectivity index (χ4n) is 4.56. The number of piperidine rings is 1. The predicted molar refractivity (Wildman–Crippen MR) is 97.0 cm³/mol. The van der Waals surface area contributed by atoms with E-state index in [0.717, 1.165) is 38.5 Å². The van der Waals surface area contributed by atoms with Gasteiger partial charge in [-0.2, -0.15) is 5.26 Å². The molecule has 6 heteroatoms. The van der Waals surface area contributed by atoms with Crippen molar-refractivity contribution in [3.63, 3.8) is 0 Å². The smallest absolute Gasteiger partial charge is 0.408 e. The van der Waals surface area contributed by atoms with E-state index in [1.54, 1.807) is 25.7 Å². The third kappa shape index (κ3) is 3.44. The summed E-state index contributed by atoms with van der Waals surface area (Å²) in [6.45, 7) is 9.35. The van der Waals surface area contributed by atoms with Crippen LogP contribution in [0.15, 0.2) is 12.7 Å². The van der Waals surface area contributed by atoms with Gasteiger partial charge in [0.2, 0.25) is 5.91 Å². The molecule has 3 unspecified atom stereocenters. The third-order valence-electron chi connectivity index (χ3n) is 5.93. The van der Waals surface area contributed by atoms with E-state index in [2.05, 4.69) is 18.0 Å². The Hall–Kier alpha value is -2.03. The summed E-state index contributed by atoms with van der Waals surface area (Å²) in [4.78, 5) is 27.6. The van der Waals surface area contributed by atoms with E-state index in [4.69, 9.17) is 4.74 Å². The van der Waals surface area contributed by atoms with Gasteiger partial charge in [-0.25, -0.2) is 4.79 Å². The van der Waals surface area contributed by atoms with Gasteiger partial charge < -0.3 is 15.0 Å². The lowest BCUT2D eigenvalue weighted by Gasteiger charge is -2.38. The van der Waals surface area contributed by atoms with Crippen molar-refractivity contribution in [3.05, 3.63) is 12.7 Å². The third-order valence-corrected chi connectivity index (χ3v) is 5.93. The van der Waals surface area contributed by atoms with Gasteiger partial charge >= 0.3 is 6.09 Å². The number of likely N-dealkylation sites (tertiary alicyclic amines) is 1. The zero-order valence-electron chi connectivity index (χ0n) is 16.0. The van der Waals surface area contributed by atoms with E-state index in [0.29, 0.717) is 5.92 Å². The Bertz CT molecular complexity index is 640. The summed E-state index contributed by atoms with van der Waals surface area (Å²) in [5.74, 6) is 0.281. The minimum absolute atomic E-state index is 0.151. The van der Waals surface area contributed by atoms with Crippen LogP contribution in [0, 0.1) is 22.7 Å². The van der Waals surface area contributed by atoms with Crippen LogP contribution in [-0.2, 0) is 9.53 Å². The summed E-state index contributed by atoms with van der Waals surface area (Å²) in [6.07, 6.45) is 6.55. The topological polar surface area (TPSA) is 82.4 Å². The standard InChI is InChI=1S/C20H29N3O3/c1-5-20(8-6-7-9-20)16(22-18(25)26-19(2,3)4)17(24)23-14(12-21)10-13-11-15(13)23/h5,13-16H,1,6-11H2,2-4H3,(H,22,25)/t13-,14?,15?,16?/m1/s1. The summed E-state index contributed by atoms with van der Waals surface area (Å²) < 4.78 is 5.40. The zero-order chi connectivity index (χ0) is 19.1. The molecule has 2 amide bonds. The highest BCUT2D eigenvalue weighted by Crippen LogP contribution is 2.50. The molecule has 0 bridgehead atoms. The van der Waals surface area contributed by atoms with E-state index in [1.165, 1.54) is 0 Å². The molecule has 1 saturated heterocycles. The highest BCUT2D eigenvalue weighted by molar-refractivity contribution is 5.88. The minimum Gasteiger partial charge on any atom is -0.444 e. The number of ether oxygens (including phenoxy) is 1. The molecule has 3 fully saturated rings. The minimum atomic E-state index is -0.729. The van der Waals surface area contributed by atoms with E-state index in [-0.39, 0.29) is 11.9 Å². The summed E-state index contributed by atoms with van der Waals surface area (Å²) in [6, 6.07) is 1.29. The van der Waals surface area contributed by atoms with Crippen LogP contribution in [0.3, 0.4) is 0 Å². The lowest BCUT2D eigenvalue weighted by molar-refractivity contribution is -0.137. The van der Waals surface area contributed by atoms with Crippen molar-refractivity contribution >= 4 is 12.0 Å². The monoisotopic (exact) mass is 359 g/mol. The molecule has 1 heterocycles. The molecule has 2 aliphatic carbocycles. The highest BCUT2D eigenvalue weighted by atomic mass is 16.6. The lowest BCUT2D eigenvalue weighted by Crippen LogP contribution is -2.58. The lowest BCUT2D eigenvalue weighted by atomic mass is 9.77. The maximum atomic E-state index is 13.5. The molecule has 0 aromatic carbocycles. The van der Waals surface area contributed by atoms with E-state index >= 15 is 0 Å². The van der Waals surface area contributed by atoms with E-state index in [1.807, 2.05) is 6.08 Å². The summed E-state index contributed by atoms with van der Waals surface area (Å²) in [5.41, 5.74) is -1.11. The van der Waals surface area contributed by atoms with Gasteiger partial charge in [0.1, 0.15) is 17.7 Å². The Kier molecular flexibility index (Phi) is 4.76. The van der Waals surface area contributed by atoms with Crippen molar-refractivity contribution < 1.29 is 14.3 Å². The molecule has 0 radical (unpaired) electrons. The van der Waals surface area contributed by atoms with Gasteiger partial charge in [0.15, 0.2) is 0 Å². The molecule has 0 aromatic heterocycles. The predicted octanol–water partition coefficient (Wildman–Crippen LogP) is 3.14. The van der Waals surface area contributed by atoms with Crippen molar-refractivity contribution in [1.29, 1.82) is 5.26 Å². The summed E-state index contributed by atoms with van der Waals surface area (Å²) in [5, 5.41) is 12.3. The molecule has 0 spiro atoms. The fourth-order valence-corrected chi connectivity index (χ4v) is 4.56. The first kappa shape index (κ1) is 18.8. The van der Waals surface area contributed by atoms with Crippen LogP contribution in [0.4, 0.5) is 4.79 Å². The number of alkyl carbamates (subject to hydrolysis) is 1. The molecule has 0 aromatic rings. The van der Waals surface area contributed by atoms with Crippen LogP contribution in [-0.4, -0.2) is 40.6 Å². The summed E-state index contributed by atoms with van der Waals surface area (Å²) >= 11 is 0. The number of nitrogens with one attached hydrogen (secondary N) is 1. The Morgan fingerprint density at radius 3 is 2.54 bits per heavy atom. The molecule has 4 atom stereocenters. The number of carbonyl (C=O) groups excluding carboxylic acids is 2. The maximum Gasteiger partial charge on any atom is 0.408 e. The molecule has 26 heavy (non-hydrogen) atoms. The molecule has 3 rings (SSSR count). The normalized spacial score (nSPS) is 30.1. The Labute approximate surface area is 155 Å². The fraction of sp³-hybridized carbons (Fsp3) is 0.750. The maximum absolute atomic E-state index is 13.5. The van der Waals surface area contributed by atoms with E-state index in [9.17, 15) is 14.9 Å². The second kappa shape index (κ2) is 6.61. The first-order valence-electron chi connectivity index (χ1n) is 9.56. The van der Waals surface area contributed by atoms with Crippen molar-refractivity contribution in [1.82, 2.24) is 10.2 Å². The SMILES string of the molecule is C=CC1(C(NC(=O)OC(C)(C)C)C(=O)N2C(C#N)C[C@@H]3CC32)CCCC1. The van der Waals surface area contributed by atoms with E-state index < -0.39 is 29.2 Å².